The fraction of sp³-hybridized carbons (Fsp3) is 0.286. The molecule has 0 fully saturated rings. The van der Waals surface area contributed by atoms with E-state index < -0.39 is 5.97 Å². The van der Waals surface area contributed by atoms with E-state index in [4.69, 9.17) is 9.84 Å². The van der Waals surface area contributed by atoms with Gasteiger partial charge >= 0.3 is 5.97 Å². The normalized spacial score (nSPS) is 10.6. The molecule has 94 valence electrons. The van der Waals surface area contributed by atoms with Crippen molar-refractivity contribution in [1.82, 2.24) is 4.98 Å². The lowest BCUT2D eigenvalue weighted by Gasteiger charge is -2.08. The minimum atomic E-state index is -0.868. The third-order valence-corrected chi connectivity index (χ3v) is 2.68. The number of aliphatic carboxylic acids is 1. The zero-order chi connectivity index (χ0) is 13.1. The average molecular weight is 245 g/mol. The van der Waals surface area contributed by atoms with Crippen LogP contribution in [-0.2, 0) is 11.2 Å². The van der Waals surface area contributed by atoms with Crippen LogP contribution in [0.1, 0.15) is 18.2 Å². The third kappa shape index (κ3) is 2.59. The highest BCUT2D eigenvalue weighted by atomic mass is 16.5. The van der Waals surface area contributed by atoms with Gasteiger partial charge in [-0.15, -0.1) is 0 Å². The molecule has 0 bridgehead atoms. The van der Waals surface area contributed by atoms with Crippen molar-refractivity contribution >= 4 is 16.9 Å². The highest BCUT2D eigenvalue weighted by Crippen LogP contribution is 2.23. The number of carboxylic acids is 1. The van der Waals surface area contributed by atoms with Crippen LogP contribution in [0.2, 0.25) is 0 Å². The molecule has 2 aromatic rings. The summed E-state index contributed by atoms with van der Waals surface area (Å²) in [6.07, 6.45) is -0.0516. The quantitative estimate of drug-likeness (QED) is 0.899. The summed E-state index contributed by atoms with van der Waals surface area (Å²) in [6, 6.07) is 7.46. The van der Waals surface area contributed by atoms with E-state index in [9.17, 15) is 4.79 Å². The maximum atomic E-state index is 10.7. The van der Waals surface area contributed by atoms with Crippen molar-refractivity contribution in [3.8, 4) is 5.75 Å². The molecule has 0 atom stereocenters. The van der Waals surface area contributed by atoms with Crippen molar-refractivity contribution in [2.75, 3.05) is 6.61 Å². The summed E-state index contributed by atoms with van der Waals surface area (Å²) in [5.74, 6) is -0.0620. The number of ether oxygens (including phenoxy) is 1. The molecule has 1 aromatic heterocycles. The van der Waals surface area contributed by atoms with E-state index in [0.717, 1.165) is 22.2 Å². The van der Waals surface area contributed by atoms with Gasteiger partial charge in [-0.25, -0.2) is 0 Å². The first-order valence-corrected chi connectivity index (χ1v) is 5.85. The zero-order valence-corrected chi connectivity index (χ0v) is 10.4. The van der Waals surface area contributed by atoms with Crippen LogP contribution >= 0.6 is 0 Å². The monoisotopic (exact) mass is 245 g/mol. The van der Waals surface area contributed by atoms with E-state index in [-0.39, 0.29) is 6.42 Å². The molecule has 0 saturated carbocycles. The van der Waals surface area contributed by atoms with Gasteiger partial charge in [0.1, 0.15) is 5.75 Å². The number of aromatic nitrogens is 1. The molecule has 1 heterocycles. The minimum absolute atomic E-state index is 0.0516. The first-order chi connectivity index (χ1) is 8.60. The smallest absolute Gasteiger partial charge is 0.309 e. The van der Waals surface area contributed by atoms with Crippen molar-refractivity contribution in [2.45, 2.75) is 20.3 Å². The van der Waals surface area contributed by atoms with Crippen molar-refractivity contribution < 1.29 is 14.6 Å². The first-order valence-electron chi connectivity index (χ1n) is 5.85. The van der Waals surface area contributed by atoms with Gasteiger partial charge in [0.15, 0.2) is 0 Å². The number of hydrogen-bond acceptors (Lipinski definition) is 3. The Labute approximate surface area is 105 Å². The second kappa shape index (κ2) is 5.04. The standard InChI is InChI=1S/C14H15NO3/c1-3-18-11-4-5-13-12(8-11)9(2)6-10(15-13)7-14(16)17/h4-6,8H,3,7H2,1-2H3,(H,16,17). The van der Waals surface area contributed by atoms with Gasteiger partial charge in [-0.05, 0) is 43.7 Å². The highest BCUT2D eigenvalue weighted by molar-refractivity contribution is 5.84. The molecule has 0 aliphatic carbocycles. The third-order valence-electron chi connectivity index (χ3n) is 2.68. The molecular weight excluding hydrogens is 230 g/mol. The first kappa shape index (κ1) is 12.4. The maximum Gasteiger partial charge on any atom is 0.309 e. The molecule has 1 aromatic carbocycles. The van der Waals surface area contributed by atoms with Crippen LogP contribution < -0.4 is 4.74 Å². The van der Waals surface area contributed by atoms with Crippen molar-refractivity contribution in [1.29, 1.82) is 0 Å². The van der Waals surface area contributed by atoms with Crippen molar-refractivity contribution in [3.05, 3.63) is 35.5 Å². The molecule has 0 radical (unpaired) electrons. The molecule has 1 N–H and O–H groups in total. The summed E-state index contributed by atoms with van der Waals surface area (Å²) < 4.78 is 5.44. The van der Waals surface area contributed by atoms with Crippen LogP contribution in [-0.4, -0.2) is 22.7 Å². The average Bonchev–Trinajstić information content (AvgIpc) is 2.29. The molecule has 0 aliphatic rings. The fourth-order valence-electron chi connectivity index (χ4n) is 1.95. The van der Waals surface area contributed by atoms with Gasteiger partial charge in [0, 0.05) is 5.39 Å². The van der Waals surface area contributed by atoms with Gasteiger partial charge < -0.3 is 9.84 Å². The van der Waals surface area contributed by atoms with Gasteiger partial charge in [0.05, 0.1) is 24.2 Å². The lowest BCUT2D eigenvalue weighted by atomic mass is 10.1. The van der Waals surface area contributed by atoms with E-state index in [1.165, 1.54) is 0 Å². The number of fused-ring (bicyclic) bond motifs is 1. The maximum absolute atomic E-state index is 10.7. The van der Waals surface area contributed by atoms with E-state index in [0.29, 0.717) is 12.3 Å². The second-order valence-corrected chi connectivity index (χ2v) is 4.11. The largest absolute Gasteiger partial charge is 0.494 e. The zero-order valence-electron chi connectivity index (χ0n) is 10.4. The van der Waals surface area contributed by atoms with Crippen LogP contribution in [0.25, 0.3) is 10.9 Å². The molecule has 0 aliphatic heterocycles. The summed E-state index contributed by atoms with van der Waals surface area (Å²) in [7, 11) is 0. The molecule has 4 heteroatoms. The Morgan fingerprint density at radius 2 is 2.17 bits per heavy atom. The predicted molar refractivity (Wildman–Crippen MR) is 69.0 cm³/mol. The summed E-state index contributed by atoms with van der Waals surface area (Å²) in [5.41, 5.74) is 2.39. The minimum Gasteiger partial charge on any atom is -0.494 e. The summed E-state index contributed by atoms with van der Waals surface area (Å²) in [6.45, 7) is 4.51. The predicted octanol–water partition coefficient (Wildman–Crippen LogP) is 2.57. The van der Waals surface area contributed by atoms with Crippen LogP contribution in [0.5, 0.6) is 5.75 Å². The Bertz CT molecular complexity index is 593. The van der Waals surface area contributed by atoms with Crippen LogP contribution in [0.4, 0.5) is 0 Å². The summed E-state index contributed by atoms with van der Waals surface area (Å²) >= 11 is 0. The Hall–Kier alpha value is -2.10. The number of pyridine rings is 1. The van der Waals surface area contributed by atoms with Gasteiger partial charge in [-0.3, -0.25) is 9.78 Å². The number of nitrogens with zero attached hydrogens (tertiary/aromatic N) is 1. The van der Waals surface area contributed by atoms with Crippen molar-refractivity contribution in [3.63, 3.8) is 0 Å². The van der Waals surface area contributed by atoms with Crippen LogP contribution in [0.15, 0.2) is 24.3 Å². The summed E-state index contributed by atoms with van der Waals surface area (Å²) in [5, 5.41) is 9.78. The molecule has 0 spiro atoms. The fourth-order valence-corrected chi connectivity index (χ4v) is 1.95. The van der Waals surface area contributed by atoms with Crippen molar-refractivity contribution in [2.24, 2.45) is 0 Å². The topological polar surface area (TPSA) is 59.4 Å². The van der Waals surface area contributed by atoms with Gasteiger partial charge in [0.25, 0.3) is 0 Å². The highest BCUT2D eigenvalue weighted by Gasteiger charge is 2.07. The van der Waals surface area contributed by atoms with E-state index in [2.05, 4.69) is 4.98 Å². The van der Waals surface area contributed by atoms with E-state index >= 15 is 0 Å². The molecule has 0 saturated heterocycles. The number of carboxylic acid groups (broad SMARTS) is 1. The lowest BCUT2D eigenvalue weighted by molar-refractivity contribution is -0.136. The van der Waals surface area contributed by atoms with Gasteiger partial charge in [0.2, 0.25) is 0 Å². The van der Waals surface area contributed by atoms with E-state index in [1.807, 2.05) is 38.1 Å². The SMILES string of the molecule is CCOc1ccc2nc(CC(=O)O)cc(C)c2c1. The number of carbonyl (C=O) groups is 1. The Balaban J connectivity index is 2.48. The number of rotatable bonds is 4. The Morgan fingerprint density at radius 3 is 2.83 bits per heavy atom. The lowest BCUT2D eigenvalue weighted by Crippen LogP contribution is -2.03. The summed E-state index contributed by atoms with van der Waals surface area (Å²) in [4.78, 5) is 15.0. The van der Waals surface area contributed by atoms with Gasteiger partial charge in [-0.1, -0.05) is 0 Å². The van der Waals surface area contributed by atoms with E-state index in [1.54, 1.807) is 0 Å². The molecular formula is C14H15NO3. The number of hydrogen-bond donors (Lipinski definition) is 1. The molecule has 0 unspecified atom stereocenters. The van der Waals surface area contributed by atoms with Gasteiger partial charge in [-0.2, -0.15) is 0 Å². The number of benzene rings is 1. The number of aryl methyl sites for hydroxylation is 1. The molecule has 0 amide bonds. The Morgan fingerprint density at radius 1 is 1.39 bits per heavy atom. The Kier molecular flexibility index (Phi) is 3.46. The van der Waals surface area contributed by atoms with Crippen LogP contribution in [0, 0.1) is 6.92 Å². The second-order valence-electron chi connectivity index (χ2n) is 4.11. The molecule has 2 rings (SSSR count). The van der Waals surface area contributed by atoms with Crippen LogP contribution in [0.3, 0.4) is 0 Å². The molecule has 4 nitrogen and oxygen atoms in total. The molecule has 18 heavy (non-hydrogen) atoms.